The molecule has 0 aromatic rings. The van der Waals surface area contributed by atoms with Crippen molar-refractivity contribution in [3.8, 4) is 12.3 Å². The summed E-state index contributed by atoms with van der Waals surface area (Å²) in [4.78, 5) is 81.7. The summed E-state index contributed by atoms with van der Waals surface area (Å²) in [6.07, 6.45) is 11.2. The van der Waals surface area contributed by atoms with Gasteiger partial charge >= 0.3 is 12.1 Å². The molecule has 280 valence electrons. The third kappa shape index (κ3) is 11.8. The van der Waals surface area contributed by atoms with Crippen molar-refractivity contribution >= 4 is 35.6 Å². The van der Waals surface area contributed by atoms with Gasteiger partial charge in [-0.1, -0.05) is 66.9 Å². The zero-order valence-corrected chi connectivity index (χ0v) is 31.1. The summed E-state index contributed by atoms with van der Waals surface area (Å²) in [7, 11) is 0. The molecule has 0 radical (unpaired) electrons. The quantitative estimate of drug-likeness (QED) is 0.0932. The molecule has 2 aliphatic rings. The molecule has 5 atom stereocenters. The Hall–Kier alpha value is -4.08. The van der Waals surface area contributed by atoms with E-state index in [4.69, 9.17) is 11.2 Å². The minimum Gasteiger partial charge on any atom is -0.447 e. The van der Waals surface area contributed by atoms with Crippen LogP contribution < -0.4 is 26.6 Å². The maximum Gasteiger partial charge on any atom is 0.407 e. The number of Topliss-reactive ketones (excluding diaryl/α,β-unsaturated/α-hetero) is 1. The monoisotopic (exact) mass is 700 g/mol. The highest BCUT2D eigenvalue weighted by Crippen LogP contribution is 2.41. The second kappa shape index (κ2) is 19.3. The zero-order valence-electron chi connectivity index (χ0n) is 31.1. The predicted molar refractivity (Wildman–Crippen MR) is 192 cm³/mol. The summed E-state index contributed by atoms with van der Waals surface area (Å²) in [6, 6.07) is -4.23. The Morgan fingerprint density at radius 2 is 1.70 bits per heavy atom. The van der Waals surface area contributed by atoms with E-state index in [9.17, 15) is 28.8 Å². The van der Waals surface area contributed by atoms with E-state index in [2.05, 4.69) is 39.1 Å². The Bertz CT molecular complexity index is 1260. The van der Waals surface area contributed by atoms with Gasteiger partial charge in [0.1, 0.15) is 18.7 Å². The van der Waals surface area contributed by atoms with Gasteiger partial charge in [-0.3, -0.25) is 19.2 Å². The van der Waals surface area contributed by atoms with Crippen molar-refractivity contribution in [2.24, 2.45) is 22.7 Å². The molecule has 1 saturated heterocycles. The lowest BCUT2D eigenvalue weighted by atomic mass is 9.70. The van der Waals surface area contributed by atoms with Crippen LogP contribution in [0.3, 0.4) is 0 Å². The number of terminal acetylenes is 1. The third-order valence-electron chi connectivity index (χ3n) is 9.96. The van der Waals surface area contributed by atoms with Crippen LogP contribution in [-0.4, -0.2) is 90.9 Å². The van der Waals surface area contributed by atoms with Crippen molar-refractivity contribution < 1.29 is 33.5 Å². The fraction of sp³-hybridized carbons (Fsp3) is 0.730. The van der Waals surface area contributed by atoms with Crippen molar-refractivity contribution in [3.63, 3.8) is 0 Å². The molecule has 50 heavy (non-hydrogen) atoms. The normalized spacial score (nSPS) is 20.3. The summed E-state index contributed by atoms with van der Waals surface area (Å²) in [6.45, 7) is 17.7. The zero-order chi connectivity index (χ0) is 37.6. The Morgan fingerprint density at radius 1 is 1.04 bits per heavy atom. The second-order valence-corrected chi connectivity index (χ2v) is 15.2. The molecule has 4 unspecified atom stereocenters. The van der Waals surface area contributed by atoms with Gasteiger partial charge in [0.25, 0.3) is 5.91 Å². The number of hydrogen-bond donors (Lipinski definition) is 5. The number of carbonyl (C=O) groups excluding carboxylic acids is 6. The number of ether oxygens (including phenoxy) is 1. The van der Waals surface area contributed by atoms with E-state index in [1.807, 2.05) is 41.5 Å². The van der Waals surface area contributed by atoms with Gasteiger partial charge in [-0.15, -0.1) is 18.9 Å². The van der Waals surface area contributed by atoms with Gasteiger partial charge in [-0.25, -0.2) is 9.59 Å². The van der Waals surface area contributed by atoms with Crippen molar-refractivity contribution in [2.75, 3.05) is 26.2 Å². The van der Waals surface area contributed by atoms with E-state index in [0.29, 0.717) is 25.8 Å². The van der Waals surface area contributed by atoms with E-state index < -0.39 is 64.7 Å². The molecule has 5 N–H and O–H groups in total. The number of urea groups is 1. The Labute approximate surface area is 298 Å². The van der Waals surface area contributed by atoms with Crippen molar-refractivity contribution in [1.29, 1.82) is 0 Å². The Morgan fingerprint density at radius 3 is 2.26 bits per heavy atom. The average Bonchev–Trinajstić information content (AvgIpc) is 3.51. The smallest absolute Gasteiger partial charge is 0.407 e. The fourth-order valence-corrected chi connectivity index (χ4v) is 6.80. The number of ketones is 1. The highest BCUT2D eigenvalue weighted by molar-refractivity contribution is 6.38. The lowest BCUT2D eigenvalue weighted by Crippen LogP contribution is -2.63. The molecule has 0 bridgehead atoms. The van der Waals surface area contributed by atoms with Gasteiger partial charge < -0.3 is 36.2 Å². The first kappa shape index (κ1) is 42.1. The molecule has 2 fully saturated rings. The number of alkyl carbamates (subject to hydrolysis) is 1. The first-order valence-electron chi connectivity index (χ1n) is 18.0. The largest absolute Gasteiger partial charge is 0.447 e. The first-order valence-corrected chi connectivity index (χ1v) is 18.0. The lowest BCUT2D eigenvalue weighted by Gasteiger charge is -2.43. The number of nitrogens with zero attached hydrogens (tertiary/aromatic N) is 1. The molecule has 0 aromatic heterocycles. The standard InChI is InChI=1S/C37H60N6O7/c1-10-13-17-26(29(44)32(46)39-21-11-2)40-31(45)28-25(24(4)5)18-22-43(28)33(47)30(37(9)19-15-14-16-20-37)42-34(48)41-27(36(6,7)8)23-50-35(49)38-12-3/h1,11,24-28,30H,2,12-23H2,3-9H3,(H,38,49)(H,39,46)(H,40,45)(H2,41,42,48)/t25-,26?,27?,28?,30?/m1/s1. The lowest BCUT2D eigenvalue weighted by molar-refractivity contribution is -0.145. The Balaban J connectivity index is 2.42. The van der Waals surface area contributed by atoms with Crippen molar-refractivity contribution in [2.45, 2.75) is 124 Å². The molecule has 13 nitrogen and oxygen atoms in total. The van der Waals surface area contributed by atoms with Crippen LogP contribution in [0.25, 0.3) is 0 Å². The van der Waals surface area contributed by atoms with Gasteiger partial charge in [0.15, 0.2) is 0 Å². The van der Waals surface area contributed by atoms with Gasteiger partial charge in [-0.05, 0) is 55.3 Å². The van der Waals surface area contributed by atoms with Crippen LogP contribution in [0.1, 0.15) is 99.8 Å². The van der Waals surface area contributed by atoms with Gasteiger partial charge in [-0.2, -0.15) is 0 Å². The number of likely N-dealkylation sites (tertiary alicyclic amines) is 1. The van der Waals surface area contributed by atoms with Crippen LogP contribution in [-0.2, 0) is 23.9 Å². The highest BCUT2D eigenvalue weighted by atomic mass is 16.5. The van der Waals surface area contributed by atoms with Crippen LogP contribution in [0.5, 0.6) is 0 Å². The summed E-state index contributed by atoms with van der Waals surface area (Å²) >= 11 is 0. The van der Waals surface area contributed by atoms with E-state index in [1.54, 1.807) is 6.92 Å². The average molecular weight is 701 g/mol. The number of hydrogen-bond acceptors (Lipinski definition) is 7. The molecule has 1 saturated carbocycles. The SMILES string of the molecule is C#CCCC(NC(=O)C1[C@@H](C(C)C)CCN1C(=O)C(NC(=O)NC(COC(=O)NCC)C(C)(C)C)C1(C)CCCCC1)C(=O)C(=O)NCC=C. The molecular formula is C37H60N6O7. The minimum atomic E-state index is -1.18. The van der Waals surface area contributed by atoms with E-state index >= 15 is 0 Å². The van der Waals surface area contributed by atoms with Crippen molar-refractivity contribution in [3.05, 3.63) is 12.7 Å². The van der Waals surface area contributed by atoms with Crippen LogP contribution >= 0.6 is 0 Å². The summed E-state index contributed by atoms with van der Waals surface area (Å²) < 4.78 is 5.35. The summed E-state index contributed by atoms with van der Waals surface area (Å²) in [5.74, 6) is -0.388. The molecule has 13 heteroatoms. The van der Waals surface area contributed by atoms with E-state index in [-0.39, 0.29) is 50.3 Å². The van der Waals surface area contributed by atoms with Crippen LogP contribution in [0.4, 0.5) is 9.59 Å². The van der Waals surface area contributed by atoms with E-state index in [1.165, 1.54) is 11.0 Å². The number of rotatable bonds is 16. The van der Waals surface area contributed by atoms with Crippen LogP contribution in [0, 0.1) is 35.0 Å². The molecule has 0 aromatic carbocycles. The number of nitrogens with one attached hydrogen (secondary N) is 5. The molecule has 1 heterocycles. The topological polar surface area (TPSA) is 175 Å². The minimum absolute atomic E-state index is 0.0109. The predicted octanol–water partition coefficient (Wildman–Crippen LogP) is 3.43. The van der Waals surface area contributed by atoms with Gasteiger partial charge in [0.2, 0.25) is 17.6 Å². The summed E-state index contributed by atoms with van der Waals surface area (Å²) in [5.41, 5.74) is -1.08. The maximum atomic E-state index is 14.7. The Kier molecular flexibility index (Phi) is 16.3. The fourth-order valence-electron chi connectivity index (χ4n) is 6.80. The van der Waals surface area contributed by atoms with Crippen LogP contribution in [0.2, 0.25) is 0 Å². The number of amides is 6. The van der Waals surface area contributed by atoms with E-state index in [0.717, 1.165) is 19.3 Å². The molecule has 6 amide bonds. The highest BCUT2D eigenvalue weighted by Gasteiger charge is 2.50. The third-order valence-corrected chi connectivity index (χ3v) is 9.96. The van der Waals surface area contributed by atoms with Gasteiger partial charge in [0.05, 0.1) is 12.1 Å². The number of carbonyl (C=O) groups is 6. The summed E-state index contributed by atoms with van der Waals surface area (Å²) in [5, 5.41) is 13.7. The first-order chi connectivity index (χ1) is 23.5. The second-order valence-electron chi connectivity index (χ2n) is 15.2. The molecule has 1 aliphatic heterocycles. The molecule has 2 rings (SSSR count). The maximum absolute atomic E-state index is 14.7. The molecule has 1 aliphatic carbocycles. The van der Waals surface area contributed by atoms with Crippen LogP contribution in [0.15, 0.2) is 12.7 Å². The molecular weight excluding hydrogens is 640 g/mol. The van der Waals surface area contributed by atoms with Crippen molar-refractivity contribution in [1.82, 2.24) is 31.5 Å². The van der Waals surface area contributed by atoms with Gasteiger partial charge in [0, 0.05) is 26.1 Å². The molecule has 0 spiro atoms.